The van der Waals surface area contributed by atoms with Gasteiger partial charge in [0.25, 0.3) is 0 Å². The summed E-state index contributed by atoms with van der Waals surface area (Å²) in [6.07, 6.45) is 1.60. The van der Waals surface area contributed by atoms with Crippen molar-refractivity contribution in [2.75, 3.05) is 13.7 Å². The summed E-state index contributed by atoms with van der Waals surface area (Å²) in [6, 6.07) is 11.3. The highest BCUT2D eigenvalue weighted by Crippen LogP contribution is 2.33. The van der Waals surface area contributed by atoms with Gasteiger partial charge in [0, 0.05) is 10.9 Å². The molecule has 0 unspecified atom stereocenters. The number of amidine groups is 1. The molecule has 1 aliphatic heterocycles. The number of hydrogen-bond donors (Lipinski definition) is 2. The number of nitrogens with one attached hydrogen (secondary N) is 1. The van der Waals surface area contributed by atoms with Gasteiger partial charge in [-0.15, -0.1) is 11.3 Å². The fourth-order valence-corrected chi connectivity index (χ4v) is 3.78. The van der Waals surface area contributed by atoms with E-state index in [1.54, 1.807) is 18.3 Å². The quantitative estimate of drug-likeness (QED) is 0.707. The SMILES string of the molecule is COc1cccc(-c2csc(C3=C(O)CN(Cc4ccco4)C3=N)n2)c1. The molecule has 0 amide bonds. The van der Waals surface area contributed by atoms with Gasteiger partial charge in [0.15, 0.2) is 0 Å². The van der Waals surface area contributed by atoms with Gasteiger partial charge in [-0.1, -0.05) is 12.1 Å². The predicted molar refractivity (Wildman–Crippen MR) is 100 cm³/mol. The Morgan fingerprint density at radius 2 is 2.23 bits per heavy atom. The van der Waals surface area contributed by atoms with E-state index >= 15 is 0 Å². The van der Waals surface area contributed by atoms with Crippen molar-refractivity contribution >= 4 is 22.7 Å². The maximum absolute atomic E-state index is 10.4. The van der Waals surface area contributed by atoms with Gasteiger partial charge in [0.05, 0.1) is 37.7 Å². The Balaban J connectivity index is 1.58. The van der Waals surface area contributed by atoms with E-state index in [0.717, 1.165) is 22.8 Å². The standard InChI is InChI=1S/C19H17N3O3S/c1-24-13-5-2-4-12(8-13)15-11-26-19(21-15)17-16(23)10-22(18(17)20)9-14-6-3-7-25-14/h2-8,11,20,23H,9-10H2,1H3. The van der Waals surface area contributed by atoms with E-state index in [9.17, 15) is 5.11 Å². The van der Waals surface area contributed by atoms with Gasteiger partial charge in [0.2, 0.25) is 0 Å². The van der Waals surface area contributed by atoms with E-state index in [0.29, 0.717) is 17.1 Å². The van der Waals surface area contributed by atoms with Crippen LogP contribution in [0.4, 0.5) is 0 Å². The fraction of sp³-hybridized carbons (Fsp3) is 0.158. The Labute approximate surface area is 154 Å². The maximum Gasteiger partial charge on any atom is 0.135 e. The van der Waals surface area contributed by atoms with Crippen molar-refractivity contribution in [3.63, 3.8) is 0 Å². The van der Waals surface area contributed by atoms with Gasteiger partial charge in [-0.25, -0.2) is 4.98 Å². The lowest BCUT2D eigenvalue weighted by Gasteiger charge is -2.16. The fourth-order valence-electron chi connectivity index (χ4n) is 2.89. The molecule has 3 heterocycles. The largest absolute Gasteiger partial charge is 0.510 e. The summed E-state index contributed by atoms with van der Waals surface area (Å²) in [4.78, 5) is 6.38. The minimum Gasteiger partial charge on any atom is -0.510 e. The van der Waals surface area contributed by atoms with Crippen LogP contribution >= 0.6 is 11.3 Å². The van der Waals surface area contributed by atoms with Crippen molar-refractivity contribution in [1.29, 1.82) is 5.41 Å². The van der Waals surface area contributed by atoms with Crippen LogP contribution in [0.5, 0.6) is 5.75 Å². The van der Waals surface area contributed by atoms with Crippen LogP contribution in [0.25, 0.3) is 16.8 Å². The number of rotatable bonds is 5. The highest BCUT2D eigenvalue weighted by molar-refractivity contribution is 7.11. The van der Waals surface area contributed by atoms with Crippen molar-refractivity contribution in [3.05, 3.63) is 64.6 Å². The first kappa shape index (κ1) is 16.4. The molecule has 0 saturated heterocycles. The average molecular weight is 367 g/mol. The second kappa shape index (κ2) is 6.68. The summed E-state index contributed by atoms with van der Waals surface area (Å²) < 4.78 is 10.6. The van der Waals surface area contributed by atoms with Crippen molar-refractivity contribution in [2.45, 2.75) is 6.54 Å². The van der Waals surface area contributed by atoms with Crippen LogP contribution < -0.4 is 4.74 Å². The number of methoxy groups -OCH3 is 1. The molecular formula is C19H17N3O3S. The summed E-state index contributed by atoms with van der Waals surface area (Å²) in [5, 5.41) is 21.4. The third-order valence-corrected chi connectivity index (χ3v) is 5.05. The van der Waals surface area contributed by atoms with Crippen molar-refractivity contribution in [2.24, 2.45) is 0 Å². The summed E-state index contributed by atoms with van der Waals surface area (Å²) in [5.41, 5.74) is 2.21. The van der Waals surface area contributed by atoms with Crippen LogP contribution in [0.15, 0.2) is 58.2 Å². The molecule has 3 aromatic rings. The molecular weight excluding hydrogens is 350 g/mol. The van der Waals surface area contributed by atoms with Crippen LogP contribution in [-0.2, 0) is 6.54 Å². The molecule has 0 bridgehead atoms. The van der Waals surface area contributed by atoms with Crippen LogP contribution in [0.2, 0.25) is 0 Å². The first-order valence-electron chi connectivity index (χ1n) is 8.04. The molecule has 0 saturated carbocycles. The van der Waals surface area contributed by atoms with Crippen LogP contribution in [0, 0.1) is 5.41 Å². The Morgan fingerprint density at radius 3 is 3.00 bits per heavy atom. The van der Waals surface area contributed by atoms with Gasteiger partial charge in [-0.05, 0) is 24.3 Å². The number of benzene rings is 1. The minimum absolute atomic E-state index is 0.160. The monoisotopic (exact) mass is 367 g/mol. The molecule has 4 rings (SSSR count). The second-order valence-corrected chi connectivity index (χ2v) is 6.73. The normalized spacial score (nSPS) is 14.3. The number of furan rings is 1. The Kier molecular flexibility index (Phi) is 4.22. The molecule has 0 aliphatic carbocycles. The van der Waals surface area contributed by atoms with Gasteiger partial charge >= 0.3 is 0 Å². The Hall–Kier alpha value is -3.06. The van der Waals surface area contributed by atoms with E-state index in [-0.39, 0.29) is 18.1 Å². The first-order chi connectivity index (χ1) is 12.7. The Morgan fingerprint density at radius 1 is 1.35 bits per heavy atom. The zero-order chi connectivity index (χ0) is 18.1. The number of aliphatic hydroxyl groups excluding tert-OH is 1. The van der Waals surface area contributed by atoms with Crippen LogP contribution in [-0.4, -0.2) is 34.5 Å². The lowest BCUT2D eigenvalue weighted by molar-refractivity contribution is 0.328. The van der Waals surface area contributed by atoms with E-state index in [4.69, 9.17) is 14.6 Å². The topological polar surface area (TPSA) is 82.6 Å². The number of aromatic nitrogens is 1. The van der Waals surface area contributed by atoms with Gasteiger partial charge in [-0.3, -0.25) is 5.41 Å². The third kappa shape index (κ3) is 2.97. The number of nitrogens with zero attached hydrogens (tertiary/aromatic N) is 2. The van der Waals surface area contributed by atoms with E-state index in [2.05, 4.69) is 4.98 Å². The molecule has 132 valence electrons. The van der Waals surface area contributed by atoms with E-state index in [1.165, 1.54) is 11.3 Å². The molecule has 1 aromatic carbocycles. The lowest BCUT2D eigenvalue weighted by atomic mass is 10.1. The average Bonchev–Trinajstić information content (AvgIpc) is 3.38. The molecule has 0 atom stereocenters. The highest BCUT2D eigenvalue weighted by Gasteiger charge is 2.30. The van der Waals surface area contributed by atoms with Gasteiger partial charge < -0.3 is 19.2 Å². The number of hydrogen-bond acceptors (Lipinski definition) is 6. The number of ether oxygens (including phenoxy) is 1. The summed E-state index contributed by atoms with van der Waals surface area (Å²) in [7, 11) is 1.63. The molecule has 6 nitrogen and oxygen atoms in total. The zero-order valence-electron chi connectivity index (χ0n) is 14.1. The molecule has 1 aliphatic rings. The van der Waals surface area contributed by atoms with Crippen molar-refractivity contribution in [3.8, 4) is 17.0 Å². The molecule has 2 aromatic heterocycles. The summed E-state index contributed by atoms with van der Waals surface area (Å²) >= 11 is 1.41. The third-order valence-electron chi connectivity index (χ3n) is 4.19. The van der Waals surface area contributed by atoms with E-state index < -0.39 is 0 Å². The molecule has 7 heteroatoms. The smallest absolute Gasteiger partial charge is 0.135 e. The lowest BCUT2D eigenvalue weighted by Crippen LogP contribution is -2.25. The first-order valence-corrected chi connectivity index (χ1v) is 8.92. The summed E-state index contributed by atoms with van der Waals surface area (Å²) in [5.74, 6) is 1.93. The molecule has 26 heavy (non-hydrogen) atoms. The Bertz CT molecular complexity index is 976. The second-order valence-electron chi connectivity index (χ2n) is 5.88. The molecule has 2 N–H and O–H groups in total. The minimum atomic E-state index is 0.160. The van der Waals surface area contributed by atoms with Crippen LogP contribution in [0.1, 0.15) is 10.8 Å². The number of aliphatic hydroxyl groups is 1. The summed E-state index contributed by atoms with van der Waals surface area (Å²) in [6.45, 7) is 0.719. The van der Waals surface area contributed by atoms with Gasteiger partial charge in [0.1, 0.15) is 28.1 Å². The molecule has 0 radical (unpaired) electrons. The van der Waals surface area contributed by atoms with Crippen molar-refractivity contribution < 1.29 is 14.3 Å². The van der Waals surface area contributed by atoms with Gasteiger partial charge in [-0.2, -0.15) is 0 Å². The molecule has 0 spiro atoms. The maximum atomic E-state index is 10.4. The molecule has 0 fully saturated rings. The van der Waals surface area contributed by atoms with Crippen molar-refractivity contribution in [1.82, 2.24) is 9.88 Å². The highest BCUT2D eigenvalue weighted by atomic mass is 32.1. The predicted octanol–water partition coefficient (Wildman–Crippen LogP) is 4.17. The van der Waals surface area contributed by atoms with Crippen LogP contribution in [0.3, 0.4) is 0 Å². The number of thiazole rings is 1. The zero-order valence-corrected chi connectivity index (χ0v) is 14.9. The van der Waals surface area contributed by atoms with E-state index in [1.807, 2.05) is 41.8 Å².